The third-order valence-corrected chi connectivity index (χ3v) is 2.97. The molecule has 0 aliphatic carbocycles. The Morgan fingerprint density at radius 1 is 1.10 bits per heavy atom. The van der Waals surface area contributed by atoms with Gasteiger partial charge < -0.3 is 16.4 Å². The van der Waals surface area contributed by atoms with Crippen LogP contribution in [0.25, 0.3) is 0 Å². The molecule has 108 valence electrons. The number of hydrogen-bond acceptors (Lipinski definition) is 3. The number of pyridine rings is 1. The molecule has 0 fully saturated rings. The Kier molecular flexibility index (Phi) is 4.50. The van der Waals surface area contributed by atoms with E-state index in [1.807, 2.05) is 19.1 Å². The van der Waals surface area contributed by atoms with E-state index in [0.29, 0.717) is 11.3 Å². The maximum atomic E-state index is 12.1. The first-order chi connectivity index (χ1) is 10.1. The topological polar surface area (TPSA) is 97.1 Å². The molecule has 0 radical (unpaired) electrons. The fraction of sp³-hybridized carbons (Fsp3) is 0.133. The standard InChI is InChI=1S/C15H16N4O2/c1-10(11-6-8-17-9-7-11)18-14(20)12-2-4-13(5-3-12)19-15(16)21/h2-10H,1H3,(H,18,20)(H3,16,19,21). The number of urea groups is 1. The van der Waals surface area contributed by atoms with E-state index in [4.69, 9.17) is 5.73 Å². The van der Waals surface area contributed by atoms with E-state index in [9.17, 15) is 9.59 Å². The molecular formula is C15H16N4O2. The highest BCUT2D eigenvalue weighted by atomic mass is 16.2. The lowest BCUT2D eigenvalue weighted by Crippen LogP contribution is -2.26. The van der Waals surface area contributed by atoms with Gasteiger partial charge in [0, 0.05) is 23.6 Å². The van der Waals surface area contributed by atoms with Gasteiger partial charge in [-0.3, -0.25) is 9.78 Å². The lowest BCUT2D eigenvalue weighted by molar-refractivity contribution is 0.0940. The van der Waals surface area contributed by atoms with Gasteiger partial charge in [0.1, 0.15) is 0 Å². The van der Waals surface area contributed by atoms with Crippen LogP contribution in [0.3, 0.4) is 0 Å². The monoisotopic (exact) mass is 284 g/mol. The average Bonchev–Trinajstić information content (AvgIpc) is 2.48. The summed E-state index contributed by atoms with van der Waals surface area (Å²) >= 11 is 0. The first-order valence-corrected chi connectivity index (χ1v) is 6.43. The van der Waals surface area contributed by atoms with Crippen LogP contribution in [-0.4, -0.2) is 16.9 Å². The van der Waals surface area contributed by atoms with E-state index in [1.165, 1.54) is 0 Å². The van der Waals surface area contributed by atoms with Gasteiger partial charge in [-0.1, -0.05) is 0 Å². The van der Waals surface area contributed by atoms with Gasteiger partial charge >= 0.3 is 6.03 Å². The number of anilines is 1. The Hall–Kier alpha value is -2.89. The van der Waals surface area contributed by atoms with Crippen LogP contribution in [-0.2, 0) is 0 Å². The molecule has 1 heterocycles. The van der Waals surface area contributed by atoms with E-state index >= 15 is 0 Å². The van der Waals surface area contributed by atoms with Crippen molar-refractivity contribution in [3.63, 3.8) is 0 Å². The quantitative estimate of drug-likeness (QED) is 0.801. The second-order valence-electron chi connectivity index (χ2n) is 4.54. The van der Waals surface area contributed by atoms with Crippen molar-refractivity contribution in [2.24, 2.45) is 5.73 Å². The molecule has 1 atom stereocenters. The fourth-order valence-corrected chi connectivity index (χ4v) is 1.86. The maximum absolute atomic E-state index is 12.1. The molecule has 1 aromatic carbocycles. The van der Waals surface area contributed by atoms with E-state index in [0.717, 1.165) is 5.56 Å². The number of carbonyl (C=O) groups excluding carboxylic acids is 2. The molecular weight excluding hydrogens is 268 g/mol. The molecule has 0 aliphatic rings. The number of nitrogens with one attached hydrogen (secondary N) is 2. The summed E-state index contributed by atoms with van der Waals surface area (Å²) in [6, 6.07) is 9.44. The largest absolute Gasteiger partial charge is 0.351 e. The summed E-state index contributed by atoms with van der Waals surface area (Å²) in [5, 5.41) is 5.33. The van der Waals surface area contributed by atoms with Crippen LogP contribution >= 0.6 is 0 Å². The van der Waals surface area contributed by atoms with E-state index < -0.39 is 6.03 Å². The van der Waals surface area contributed by atoms with Crippen molar-refractivity contribution >= 4 is 17.6 Å². The van der Waals surface area contributed by atoms with Crippen molar-refractivity contribution < 1.29 is 9.59 Å². The van der Waals surface area contributed by atoms with Crippen molar-refractivity contribution in [3.05, 3.63) is 59.9 Å². The minimum absolute atomic E-state index is 0.121. The van der Waals surface area contributed by atoms with Gasteiger partial charge in [-0.2, -0.15) is 0 Å². The maximum Gasteiger partial charge on any atom is 0.316 e. The highest BCUT2D eigenvalue weighted by Crippen LogP contribution is 2.13. The Bertz CT molecular complexity index is 626. The molecule has 0 spiro atoms. The van der Waals surface area contributed by atoms with Crippen LogP contribution in [0.5, 0.6) is 0 Å². The van der Waals surface area contributed by atoms with E-state index in [1.54, 1.807) is 36.7 Å². The highest BCUT2D eigenvalue weighted by Gasteiger charge is 2.11. The van der Waals surface area contributed by atoms with Gasteiger partial charge in [-0.15, -0.1) is 0 Å². The van der Waals surface area contributed by atoms with Gasteiger partial charge in [0.15, 0.2) is 0 Å². The van der Waals surface area contributed by atoms with Gasteiger partial charge in [-0.05, 0) is 48.9 Å². The van der Waals surface area contributed by atoms with Crippen molar-refractivity contribution in [3.8, 4) is 0 Å². The molecule has 0 aliphatic heterocycles. The molecule has 0 bridgehead atoms. The Balaban J connectivity index is 2.01. The number of primary amides is 1. The predicted molar refractivity (Wildman–Crippen MR) is 79.8 cm³/mol. The first kappa shape index (κ1) is 14.5. The molecule has 6 heteroatoms. The molecule has 4 N–H and O–H groups in total. The normalized spacial score (nSPS) is 11.5. The lowest BCUT2D eigenvalue weighted by atomic mass is 10.1. The molecule has 1 unspecified atom stereocenters. The number of amides is 3. The van der Waals surface area contributed by atoms with Crippen molar-refractivity contribution in [2.75, 3.05) is 5.32 Å². The number of aromatic nitrogens is 1. The number of carbonyl (C=O) groups is 2. The summed E-state index contributed by atoms with van der Waals surface area (Å²) in [5.41, 5.74) is 7.04. The number of hydrogen-bond donors (Lipinski definition) is 3. The summed E-state index contributed by atoms with van der Waals surface area (Å²) in [6.45, 7) is 1.90. The van der Waals surface area contributed by atoms with Gasteiger partial charge in [0.25, 0.3) is 5.91 Å². The zero-order valence-electron chi connectivity index (χ0n) is 11.5. The van der Waals surface area contributed by atoms with E-state index in [-0.39, 0.29) is 11.9 Å². The summed E-state index contributed by atoms with van der Waals surface area (Å²) in [5.74, 6) is -0.190. The SMILES string of the molecule is CC(NC(=O)c1ccc(NC(N)=O)cc1)c1ccncc1. The Morgan fingerprint density at radius 3 is 2.29 bits per heavy atom. The summed E-state index contributed by atoms with van der Waals surface area (Å²) in [7, 11) is 0. The van der Waals surface area contributed by atoms with Crippen LogP contribution in [0.2, 0.25) is 0 Å². The van der Waals surface area contributed by atoms with Crippen LogP contribution in [0.15, 0.2) is 48.8 Å². The first-order valence-electron chi connectivity index (χ1n) is 6.43. The van der Waals surface area contributed by atoms with Crippen molar-refractivity contribution in [1.82, 2.24) is 10.3 Å². The zero-order chi connectivity index (χ0) is 15.2. The van der Waals surface area contributed by atoms with Crippen molar-refractivity contribution in [1.29, 1.82) is 0 Å². The number of rotatable bonds is 4. The highest BCUT2D eigenvalue weighted by molar-refractivity contribution is 5.95. The smallest absolute Gasteiger partial charge is 0.316 e. The minimum atomic E-state index is -0.640. The molecule has 21 heavy (non-hydrogen) atoms. The predicted octanol–water partition coefficient (Wildman–Crippen LogP) is 2.06. The summed E-state index contributed by atoms with van der Waals surface area (Å²) < 4.78 is 0. The molecule has 0 saturated carbocycles. The molecule has 1 aromatic heterocycles. The zero-order valence-corrected chi connectivity index (χ0v) is 11.5. The third-order valence-electron chi connectivity index (χ3n) is 2.97. The summed E-state index contributed by atoms with van der Waals surface area (Å²) in [6.07, 6.45) is 3.37. The third kappa shape index (κ3) is 4.04. The van der Waals surface area contributed by atoms with Crippen LogP contribution < -0.4 is 16.4 Å². The Morgan fingerprint density at radius 2 is 1.71 bits per heavy atom. The Labute approximate surface area is 122 Å². The molecule has 6 nitrogen and oxygen atoms in total. The van der Waals surface area contributed by atoms with Gasteiger partial charge in [-0.25, -0.2) is 4.79 Å². The van der Waals surface area contributed by atoms with E-state index in [2.05, 4.69) is 15.6 Å². The lowest BCUT2D eigenvalue weighted by Gasteiger charge is -2.14. The van der Waals surface area contributed by atoms with Gasteiger partial charge in [0.2, 0.25) is 0 Å². The van der Waals surface area contributed by atoms with Crippen molar-refractivity contribution in [2.45, 2.75) is 13.0 Å². The fourth-order valence-electron chi connectivity index (χ4n) is 1.86. The second-order valence-corrected chi connectivity index (χ2v) is 4.54. The number of nitrogens with two attached hydrogens (primary N) is 1. The average molecular weight is 284 g/mol. The molecule has 2 rings (SSSR count). The number of benzene rings is 1. The minimum Gasteiger partial charge on any atom is -0.351 e. The van der Waals surface area contributed by atoms with Crippen LogP contribution in [0.1, 0.15) is 28.9 Å². The van der Waals surface area contributed by atoms with Gasteiger partial charge in [0.05, 0.1) is 6.04 Å². The second kappa shape index (κ2) is 6.51. The number of nitrogens with zero attached hydrogens (tertiary/aromatic N) is 1. The molecule has 2 aromatic rings. The van der Waals surface area contributed by atoms with Crippen LogP contribution in [0.4, 0.5) is 10.5 Å². The molecule has 0 saturated heterocycles. The molecule has 3 amide bonds. The van der Waals surface area contributed by atoms with Crippen LogP contribution in [0, 0.1) is 0 Å². The summed E-state index contributed by atoms with van der Waals surface area (Å²) in [4.78, 5) is 26.8.